The maximum atomic E-state index is 4.81. The molecule has 5 nitrogen and oxygen atoms in total. The molecule has 26 heavy (non-hydrogen) atoms. The minimum Gasteiger partial charge on any atom is -0.357 e. The van der Waals surface area contributed by atoms with Crippen LogP contribution in [0.5, 0.6) is 0 Å². The van der Waals surface area contributed by atoms with E-state index in [1.54, 1.807) is 0 Å². The molecule has 0 amide bonds. The van der Waals surface area contributed by atoms with Crippen LogP contribution in [-0.4, -0.2) is 73.7 Å². The van der Waals surface area contributed by atoms with Crippen molar-refractivity contribution in [2.75, 3.05) is 45.8 Å². The molecule has 1 aliphatic carbocycles. The summed E-state index contributed by atoms with van der Waals surface area (Å²) in [6.07, 6.45) is 9.44. The number of halogens is 1. The van der Waals surface area contributed by atoms with Crippen molar-refractivity contribution < 1.29 is 0 Å². The minimum absolute atomic E-state index is 0. The topological polar surface area (TPSA) is 42.9 Å². The fourth-order valence-corrected chi connectivity index (χ4v) is 4.24. The van der Waals surface area contributed by atoms with E-state index in [1.807, 2.05) is 0 Å². The van der Waals surface area contributed by atoms with Crippen LogP contribution in [0.1, 0.15) is 65.7 Å². The molecule has 0 atom stereocenters. The third kappa shape index (κ3) is 8.30. The van der Waals surface area contributed by atoms with Crippen molar-refractivity contribution in [3.63, 3.8) is 0 Å². The standard InChI is InChI=1S/C20H41N5.HI/c1-4-14-24(6-3)17-13-22-20(21-5-2)23-18-11-15-25(16-12-18)19-9-7-8-10-19;/h18-19H,4-17H2,1-3H3,(H2,21,22,23);1H. The van der Waals surface area contributed by atoms with Crippen LogP contribution in [0.4, 0.5) is 0 Å². The largest absolute Gasteiger partial charge is 0.357 e. The number of hydrogen-bond donors (Lipinski definition) is 2. The average Bonchev–Trinajstić information content (AvgIpc) is 3.16. The van der Waals surface area contributed by atoms with Gasteiger partial charge in [0.1, 0.15) is 0 Å². The van der Waals surface area contributed by atoms with E-state index in [9.17, 15) is 0 Å². The van der Waals surface area contributed by atoms with Gasteiger partial charge in [0, 0.05) is 38.3 Å². The summed E-state index contributed by atoms with van der Waals surface area (Å²) in [4.78, 5) is 10.0. The Balaban J connectivity index is 0.00000338. The molecule has 2 aliphatic rings. The Kier molecular flexibility index (Phi) is 12.9. The van der Waals surface area contributed by atoms with Gasteiger partial charge in [0.25, 0.3) is 0 Å². The van der Waals surface area contributed by atoms with E-state index >= 15 is 0 Å². The summed E-state index contributed by atoms with van der Waals surface area (Å²) in [6.45, 7) is 14.3. The number of likely N-dealkylation sites (N-methyl/N-ethyl adjacent to an activating group) is 1. The lowest BCUT2D eigenvalue weighted by Gasteiger charge is -2.36. The molecule has 0 aromatic rings. The molecule has 2 fully saturated rings. The second kappa shape index (κ2) is 14.0. The minimum atomic E-state index is 0. The van der Waals surface area contributed by atoms with Crippen LogP contribution in [0.15, 0.2) is 4.99 Å². The summed E-state index contributed by atoms with van der Waals surface area (Å²) in [6, 6.07) is 1.45. The predicted octanol–water partition coefficient (Wildman–Crippen LogP) is 3.30. The molecular weight excluding hydrogens is 437 g/mol. The Morgan fingerprint density at radius 2 is 1.73 bits per heavy atom. The van der Waals surface area contributed by atoms with Gasteiger partial charge in [-0.1, -0.05) is 26.7 Å². The smallest absolute Gasteiger partial charge is 0.191 e. The van der Waals surface area contributed by atoms with Gasteiger partial charge in [-0.05, 0) is 52.1 Å². The van der Waals surface area contributed by atoms with Gasteiger partial charge in [0.15, 0.2) is 5.96 Å². The van der Waals surface area contributed by atoms with Gasteiger partial charge in [-0.15, -0.1) is 24.0 Å². The number of guanidine groups is 1. The predicted molar refractivity (Wildman–Crippen MR) is 124 cm³/mol. The van der Waals surface area contributed by atoms with Crippen molar-refractivity contribution in [1.29, 1.82) is 0 Å². The van der Waals surface area contributed by atoms with Crippen molar-refractivity contribution in [2.45, 2.75) is 77.8 Å². The molecule has 1 heterocycles. The zero-order valence-corrected chi connectivity index (χ0v) is 19.6. The number of rotatable bonds is 9. The zero-order valence-electron chi connectivity index (χ0n) is 17.3. The van der Waals surface area contributed by atoms with Gasteiger partial charge < -0.3 is 20.4 Å². The lowest BCUT2D eigenvalue weighted by atomic mass is 10.0. The highest BCUT2D eigenvalue weighted by molar-refractivity contribution is 14.0. The Morgan fingerprint density at radius 1 is 1.04 bits per heavy atom. The van der Waals surface area contributed by atoms with E-state index < -0.39 is 0 Å². The second-order valence-corrected chi connectivity index (χ2v) is 7.59. The van der Waals surface area contributed by atoms with E-state index in [1.165, 1.54) is 64.6 Å². The molecule has 1 saturated heterocycles. The Hall–Kier alpha value is -0.0800. The molecule has 0 spiro atoms. The van der Waals surface area contributed by atoms with Gasteiger partial charge in [0.2, 0.25) is 0 Å². The second-order valence-electron chi connectivity index (χ2n) is 7.59. The normalized spacial score (nSPS) is 20.4. The van der Waals surface area contributed by atoms with Crippen molar-refractivity contribution in [1.82, 2.24) is 20.4 Å². The first-order valence-corrected chi connectivity index (χ1v) is 10.8. The van der Waals surface area contributed by atoms with Crippen molar-refractivity contribution >= 4 is 29.9 Å². The summed E-state index contributed by atoms with van der Waals surface area (Å²) in [5.41, 5.74) is 0. The Morgan fingerprint density at radius 3 is 2.31 bits per heavy atom. The summed E-state index contributed by atoms with van der Waals surface area (Å²) in [7, 11) is 0. The molecule has 0 radical (unpaired) electrons. The SMILES string of the molecule is CCCN(CC)CCN=C(NCC)NC1CCN(C2CCCC2)CC1.I. The highest BCUT2D eigenvalue weighted by Gasteiger charge is 2.27. The van der Waals surface area contributed by atoms with Crippen LogP contribution in [0, 0.1) is 0 Å². The highest BCUT2D eigenvalue weighted by Crippen LogP contribution is 2.26. The van der Waals surface area contributed by atoms with Crippen LogP contribution < -0.4 is 10.6 Å². The number of nitrogens with zero attached hydrogens (tertiary/aromatic N) is 3. The van der Waals surface area contributed by atoms with Crippen molar-refractivity contribution in [3.8, 4) is 0 Å². The monoisotopic (exact) mass is 479 g/mol. The molecule has 0 aromatic carbocycles. The van der Waals surface area contributed by atoms with Gasteiger partial charge in [0.05, 0.1) is 6.54 Å². The van der Waals surface area contributed by atoms with Crippen LogP contribution in [0.3, 0.4) is 0 Å². The van der Waals surface area contributed by atoms with Crippen molar-refractivity contribution in [2.24, 2.45) is 4.99 Å². The molecule has 0 unspecified atom stereocenters. The first-order chi connectivity index (χ1) is 12.3. The van der Waals surface area contributed by atoms with E-state index in [4.69, 9.17) is 4.99 Å². The van der Waals surface area contributed by atoms with Crippen LogP contribution in [0.25, 0.3) is 0 Å². The molecule has 1 saturated carbocycles. The van der Waals surface area contributed by atoms with Crippen LogP contribution in [-0.2, 0) is 0 Å². The molecular formula is C20H42IN5. The first-order valence-electron chi connectivity index (χ1n) is 10.8. The Labute approximate surface area is 178 Å². The van der Waals surface area contributed by atoms with E-state index in [0.29, 0.717) is 6.04 Å². The van der Waals surface area contributed by atoms with Crippen LogP contribution in [0.2, 0.25) is 0 Å². The van der Waals surface area contributed by atoms with Gasteiger partial charge in [-0.2, -0.15) is 0 Å². The lowest BCUT2D eigenvalue weighted by Crippen LogP contribution is -2.50. The van der Waals surface area contributed by atoms with E-state index in [-0.39, 0.29) is 24.0 Å². The quantitative estimate of drug-likeness (QED) is 0.303. The number of aliphatic imine (C=N–C) groups is 1. The average molecular weight is 479 g/mol. The number of piperidine rings is 1. The molecule has 0 aromatic heterocycles. The molecule has 2 rings (SSSR count). The van der Waals surface area contributed by atoms with Gasteiger partial charge in [-0.3, -0.25) is 4.99 Å². The maximum Gasteiger partial charge on any atom is 0.191 e. The van der Waals surface area contributed by atoms with Gasteiger partial charge >= 0.3 is 0 Å². The fourth-order valence-electron chi connectivity index (χ4n) is 4.24. The molecule has 154 valence electrons. The fraction of sp³-hybridized carbons (Fsp3) is 0.950. The maximum absolute atomic E-state index is 4.81. The number of hydrogen-bond acceptors (Lipinski definition) is 3. The van der Waals surface area contributed by atoms with Crippen LogP contribution >= 0.6 is 24.0 Å². The van der Waals surface area contributed by atoms with E-state index in [0.717, 1.165) is 38.2 Å². The van der Waals surface area contributed by atoms with E-state index in [2.05, 4.69) is 41.2 Å². The summed E-state index contributed by atoms with van der Waals surface area (Å²) < 4.78 is 0. The molecule has 2 N–H and O–H groups in total. The highest BCUT2D eigenvalue weighted by atomic mass is 127. The summed E-state index contributed by atoms with van der Waals surface area (Å²) in [5.74, 6) is 1.01. The summed E-state index contributed by atoms with van der Waals surface area (Å²) >= 11 is 0. The lowest BCUT2D eigenvalue weighted by molar-refractivity contribution is 0.150. The third-order valence-corrected chi connectivity index (χ3v) is 5.73. The Bertz CT molecular complexity index is 376. The molecule has 0 bridgehead atoms. The molecule has 1 aliphatic heterocycles. The summed E-state index contributed by atoms with van der Waals surface area (Å²) in [5, 5.41) is 7.11. The van der Waals surface area contributed by atoms with Crippen molar-refractivity contribution in [3.05, 3.63) is 0 Å². The molecule has 6 heteroatoms. The first kappa shape index (κ1) is 24.0. The zero-order chi connectivity index (χ0) is 17.9. The number of likely N-dealkylation sites (tertiary alicyclic amines) is 1. The number of nitrogens with one attached hydrogen (secondary N) is 2. The van der Waals surface area contributed by atoms with Gasteiger partial charge in [-0.25, -0.2) is 0 Å². The third-order valence-electron chi connectivity index (χ3n) is 5.73.